The van der Waals surface area contributed by atoms with Crippen molar-refractivity contribution in [3.63, 3.8) is 0 Å². The van der Waals surface area contributed by atoms with Gasteiger partial charge in [-0.3, -0.25) is 4.79 Å². The third kappa shape index (κ3) is 9.88. The van der Waals surface area contributed by atoms with Gasteiger partial charge in [-0.2, -0.15) is 0 Å². The molecule has 0 fully saturated rings. The molecule has 226 valence electrons. The Hall–Kier alpha value is -3.79. The third-order valence-electron chi connectivity index (χ3n) is 6.72. The van der Waals surface area contributed by atoms with Crippen molar-refractivity contribution < 1.29 is 14.3 Å². The number of nitrogens with one attached hydrogen (secondary N) is 1. The monoisotopic (exact) mass is 619 g/mol. The summed E-state index contributed by atoms with van der Waals surface area (Å²) < 4.78 is 10.7. The fraction of sp³-hybridized carbons (Fsp3) is 0.303. The average molecular weight is 620 g/mol. The lowest BCUT2D eigenvalue weighted by Gasteiger charge is -2.26. The molecule has 0 aliphatic heterocycles. The molecule has 1 N–H and O–H groups in total. The number of hydrogen-bond acceptors (Lipinski definition) is 8. The Kier molecular flexibility index (Phi) is 12.1. The molecule has 1 amide bonds. The number of thioether (sulfide) groups is 1. The first-order chi connectivity index (χ1) is 20.8. The second-order valence-corrected chi connectivity index (χ2v) is 11.6. The Morgan fingerprint density at radius 3 is 2.37 bits per heavy atom. The number of aromatic nitrogens is 2. The van der Waals surface area contributed by atoms with Crippen LogP contribution in [0.25, 0.3) is 0 Å². The number of ether oxygens (including phenoxy) is 2. The molecule has 4 rings (SSSR count). The standard InChI is InChI=1S/C33H38ClN5O3S/c1-38(2)17-18-39(22-25-9-6-5-7-10-25)31-21-30(34)36-33(37-31)43-23-26-11-8-12-27(19-26)32(40)35-16-15-24-13-14-28(41-3)29(20-24)42-4/h5-14,19-21H,15-18,22-23H2,1-4H3,(H,35,40). The molecule has 0 radical (unpaired) electrons. The number of methoxy groups -OCH3 is 2. The summed E-state index contributed by atoms with van der Waals surface area (Å²) in [6, 6.07) is 25.5. The van der Waals surface area contributed by atoms with Crippen LogP contribution >= 0.6 is 23.4 Å². The maximum absolute atomic E-state index is 12.9. The molecule has 0 unspecified atom stereocenters. The van der Waals surface area contributed by atoms with Gasteiger partial charge in [0.05, 0.1) is 14.2 Å². The Morgan fingerprint density at radius 1 is 0.860 bits per heavy atom. The van der Waals surface area contributed by atoms with Crippen molar-refractivity contribution in [1.29, 1.82) is 0 Å². The summed E-state index contributed by atoms with van der Waals surface area (Å²) in [4.78, 5) is 26.6. The van der Waals surface area contributed by atoms with Crippen LogP contribution in [-0.4, -0.2) is 68.7 Å². The van der Waals surface area contributed by atoms with E-state index in [0.717, 1.165) is 36.6 Å². The van der Waals surface area contributed by atoms with Crippen molar-refractivity contribution in [2.45, 2.75) is 23.9 Å². The number of carbonyl (C=O) groups excluding carboxylic acids is 1. The largest absolute Gasteiger partial charge is 0.493 e. The molecule has 1 heterocycles. The molecule has 0 atom stereocenters. The first-order valence-corrected chi connectivity index (χ1v) is 15.4. The maximum Gasteiger partial charge on any atom is 0.251 e. The molecular weight excluding hydrogens is 582 g/mol. The van der Waals surface area contributed by atoms with Gasteiger partial charge in [0.2, 0.25) is 0 Å². The van der Waals surface area contributed by atoms with Crippen molar-refractivity contribution in [2.75, 3.05) is 52.8 Å². The Labute approximate surface area is 263 Å². The number of anilines is 1. The highest BCUT2D eigenvalue weighted by Gasteiger charge is 2.14. The summed E-state index contributed by atoms with van der Waals surface area (Å²) in [5.41, 5.74) is 3.85. The van der Waals surface area contributed by atoms with Crippen LogP contribution in [-0.2, 0) is 18.7 Å². The van der Waals surface area contributed by atoms with Crippen molar-refractivity contribution in [3.8, 4) is 11.5 Å². The van der Waals surface area contributed by atoms with E-state index in [9.17, 15) is 4.79 Å². The number of halogens is 1. The zero-order valence-corrected chi connectivity index (χ0v) is 26.6. The zero-order chi connectivity index (χ0) is 30.6. The van der Waals surface area contributed by atoms with Crippen molar-refractivity contribution in [3.05, 3.63) is 106 Å². The van der Waals surface area contributed by atoms with Crippen LogP contribution in [0.2, 0.25) is 5.15 Å². The number of rotatable bonds is 15. The van der Waals surface area contributed by atoms with Gasteiger partial charge in [-0.1, -0.05) is 71.9 Å². The van der Waals surface area contributed by atoms with E-state index in [1.165, 1.54) is 17.3 Å². The van der Waals surface area contributed by atoms with Gasteiger partial charge in [-0.15, -0.1) is 0 Å². The van der Waals surface area contributed by atoms with Crippen LogP contribution < -0.4 is 19.7 Å². The highest BCUT2D eigenvalue weighted by Crippen LogP contribution is 2.28. The van der Waals surface area contributed by atoms with Crippen molar-refractivity contribution in [1.82, 2.24) is 20.2 Å². The lowest BCUT2D eigenvalue weighted by atomic mass is 10.1. The summed E-state index contributed by atoms with van der Waals surface area (Å²) in [5.74, 6) is 2.62. The SMILES string of the molecule is COc1ccc(CCNC(=O)c2cccc(CSc3nc(Cl)cc(N(CCN(C)C)Cc4ccccc4)n3)c2)cc1OC. The number of hydrogen-bond donors (Lipinski definition) is 1. The van der Waals surface area contributed by atoms with Gasteiger partial charge in [0.25, 0.3) is 5.91 Å². The number of likely N-dealkylation sites (N-methyl/N-ethyl adjacent to an activating group) is 1. The number of carbonyl (C=O) groups is 1. The lowest BCUT2D eigenvalue weighted by molar-refractivity contribution is 0.0954. The number of amides is 1. The van der Waals surface area contributed by atoms with Crippen LogP contribution in [0.4, 0.5) is 5.82 Å². The van der Waals surface area contributed by atoms with E-state index in [0.29, 0.717) is 46.1 Å². The molecule has 4 aromatic rings. The van der Waals surface area contributed by atoms with E-state index in [-0.39, 0.29) is 5.91 Å². The van der Waals surface area contributed by atoms with Gasteiger partial charge >= 0.3 is 0 Å². The van der Waals surface area contributed by atoms with Gasteiger partial charge in [-0.05, 0) is 61.5 Å². The molecule has 0 spiro atoms. The van der Waals surface area contributed by atoms with E-state index in [1.807, 2.05) is 66.7 Å². The Balaban J connectivity index is 1.37. The first-order valence-electron chi connectivity index (χ1n) is 14.0. The molecule has 1 aromatic heterocycles. The van der Waals surface area contributed by atoms with Gasteiger partial charge in [-0.25, -0.2) is 9.97 Å². The highest BCUT2D eigenvalue weighted by atomic mass is 35.5. The molecule has 3 aromatic carbocycles. The fourth-order valence-corrected chi connectivity index (χ4v) is 5.44. The van der Waals surface area contributed by atoms with E-state index in [1.54, 1.807) is 14.2 Å². The van der Waals surface area contributed by atoms with Crippen LogP contribution in [0.3, 0.4) is 0 Å². The van der Waals surface area contributed by atoms with Crippen molar-refractivity contribution in [2.24, 2.45) is 0 Å². The van der Waals surface area contributed by atoms with E-state index in [4.69, 9.17) is 26.1 Å². The summed E-state index contributed by atoms with van der Waals surface area (Å²) in [6.45, 7) is 2.89. The van der Waals surface area contributed by atoms with Crippen LogP contribution in [0, 0.1) is 0 Å². The highest BCUT2D eigenvalue weighted by molar-refractivity contribution is 7.98. The minimum Gasteiger partial charge on any atom is -0.493 e. The van der Waals surface area contributed by atoms with Gasteiger partial charge in [0.1, 0.15) is 11.0 Å². The number of benzene rings is 3. The average Bonchev–Trinajstić information content (AvgIpc) is 3.02. The molecular formula is C33H38ClN5O3S. The summed E-state index contributed by atoms with van der Waals surface area (Å²) in [5, 5.41) is 4.01. The molecule has 0 saturated heterocycles. The lowest BCUT2D eigenvalue weighted by Crippen LogP contribution is -2.32. The van der Waals surface area contributed by atoms with Crippen LogP contribution in [0.15, 0.2) is 84.0 Å². The summed E-state index contributed by atoms with van der Waals surface area (Å²) in [7, 11) is 7.33. The molecule has 0 aliphatic rings. The predicted octanol–water partition coefficient (Wildman–Crippen LogP) is 5.98. The van der Waals surface area contributed by atoms with Crippen LogP contribution in [0.5, 0.6) is 11.5 Å². The van der Waals surface area contributed by atoms with Crippen molar-refractivity contribution >= 4 is 35.1 Å². The molecule has 43 heavy (non-hydrogen) atoms. The topological polar surface area (TPSA) is 79.8 Å². The fourth-order valence-electron chi connectivity index (χ4n) is 4.42. The van der Waals surface area contributed by atoms with Gasteiger partial charge in [0, 0.05) is 43.6 Å². The quantitative estimate of drug-likeness (QED) is 0.0989. The molecule has 0 saturated carbocycles. The van der Waals surface area contributed by atoms with E-state index >= 15 is 0 Å². The summed E-state index contributed by atoms with van der Waals surface area (Å²) >= 11 is 7.96. The first kappa shape index (κ1) is 32.1. The second-order valence-electron chi connectivity index (χ2n) is 10.2. The minimum atomic E-state index is -0.119. The maximum atomic E-state index is 12.9. The predicted molar refractivity (Wildman–Crippen MR) is 175 cm³/mol. The molecule has 10 heteroatoms. The number of nitrogens with zero attached hydrogens (tertiary/aromatic N) is 4. The van der Waals surface area contributed by atoms with Gasteiger partial charge < -0.3 is 24.6 Å². The van der Waals surface area contributed by atoms with Crippen LogP contribution in [0.1, 0.15) is 27.0 Å². The normalized spacial score (nSPS) is 10.9. The van der Waals surface area contributed by atoms with Gasteiger partial charge in [0.15, 0.2) is 16.7 Å². The molecule has 0 aliphatic carbocycles. The summed E-state index contributed by atoms with van der Waals surface area (Å²) in [6.07, 6.45) is 0.673. The Morgan fingerprint density at radius 2 is 1.63 bits per heavy atom. The minimum absolute atomic E-state index is 0.119. The molecule has 8 nitrogen and oxygen atoms in total. The second kappa shape index (κ2) is 16.2. The third-order valence-corrected chi connectivity index (χ3v) is 7.83. The van der Waals surface area contributed by atoms with E-state index < -0.39 is 0 Å². The van der Waals surface area contributed by atoms with E-state index in [2.05, 4.69) is 46.3 Å². The Bertz CT molecular complexity index is 1490. The smallest absolute Gasteiger partial charge is 0.251 e. The zero-order valence-electron chi connectivity index (χ0n) is 25.0. The molecule has 0 bridgehead atoms.